The van der Waals surface area contributed by atoms with Gasteiger partial charge in [-0.15, -0.1) is 0 Å². The maximum Gasteiger partial charge on any atom is 0.243 e. The first kappa shape index (κ1) is 11.2. The lowest BCUT2D eigenvalue weighted by Gasteiger charge is -2.01. The molecule has 4 heteroatoms. The van der Waals surface area contributed by atoms with Gasteiger partial charge in [0.15, 0.2) is 11.6 Å². The number of methoxy groups -OCH3 is 1. The fourth-order valence-corrected chi connectivity index (χ4v) is 1.04. The zero-order valence-corrected chi connectivity index (χ0v) is 8.58. The van der Waals surface area contributed by atoms with Crippen molar-refractivity contribution in [3.8, 4) is 5.75 Å². The van der Waals surface area contributed by atoms with E-state index in [1.807, 2.05) is 0 Å². The molecule has 0 aliphatic carbocycles. The van der Waals surface area contributed by atoms with Crippen LogP contribution in [0.3, 0.4) is 0 Å². The lowest BCUT2D eigenvalue weighted by Crippen LogP contribution is -2.13. The number of nitrogens with one attached hydrogen (secondary N) is 1. The molecule has 0 aromatic heterocycles. The molecule has 0 aliphatic heterocycles. The third-order valence-electron chi connectivity index (χ3n) is 1.85. The first-order valence-electron chi connectivity index (χ1n) is 4.40. The minimum atomic E-state index is -0.448. The number of hydrogen-bond donors (Lipinski definition) is 1. The predicted molar refractivity (Wildman–Crippen MR) is 56.1 cm³/mol. The molecule has 1 aromatic carbocycles. The Balaban J connectivity index is 2.84. The van der Waals surface area contributed by atoms with Crippen LogP contribution in [0.25, 0.3) is 6.08 Å². The molecule has 1 rings (SSSR count). The molecule has 0 atom stereocenters. The number of halogens is 1. The molecule has 1 amide bonds. The predicted octanol–water partition coefficient (Wildman–Crippen LogP) is 1.59. The van der Waals surface area contributed by atoms with Crippen LogP contribution in [-0.4, -0.2) is 20.1 Å². The number of likely N-dealkylation sites (N-methyl/N-ethyl adjacent to an activating group) is 1. The highest BCUT2D eigenvalue weighted by atomic mass is 19.1. The van der Waals surface area contributed by atoms with Crippen LogP contribution in [0, 0.1) is 5.82 Å². The summed E-state index contributed by atoms with van der Waals surface area (Å²) in [5, 5.41) is 2.43. The summed E-state index contributed by atoms with van der Waals surface area (Å²) in [5.41, 5.74) is 0.608. The third kappa shape index (κ3) is 3.09. The minimum absolute atomic E-state index is 0.187. The fourth-order valence-electron chi connectivity index (χ4n) is 1.04. The van der Waals surface area contributed by atoms with Crippen molar-refractivity contribution in [3.63, 3.8) is 0 Å². The third-order valence-corrected chi connectivity index (χ3v) is 1.85. The smallest absolute Gasteiger partial charge is 0.243 e. The van der Waals surface area contributed by atoms with Crippen molar-refractivity contribution in [1.82, 2.24) is 5.32 Å². The van der Waals surface area contributed by atoms with Gasteiger partial charge in [-0.3, -0.25) is 4.79 Å². The summed E-state index contributed by atoms with van der Waals surface area (Å²) < 4.78 is 18.0. The van der Waals surface area contributed by atoms with Crippen molar-refractivity contribution in [2.75, 3.05) is 14.2 Å². The number of hydrogen-bond acceptors (Lipinski definition) is 2. The molecule has 0 radical (unpaired) electrons. The average Bonchev–Trinajstić information content (AvgIpc) is 2.26. The number of amides is 1. The van der Waals surface area contributed by atoms with E-state index >= 15 is 0 Å². The first-order chi connectivity index (χ1) is 7.17. The lowest BCUT2D eigenvalue weighted by atomic mass is 10.2. The van der Waals surface area contributed by atoms with Crippen LogP contribution in [0.15, 0.2) is 24.3 Å². The summed E-state index contributed by atoms with van der Waals surface area (Å²) in [5.74, 6) is -0.491. The van der Waals surface area contributed by atoms with Gasteiger partial charge in [0.2, 0.25) is 5.91 Å². The van der Waals surface area contributed by atoms with E-state index in [2.05, 4.69) is 5.32 Å². The number of carbonyl (C=O) groups is 1. The van der Waals surface area contributed by atoms with E-state index in [0.717, 1.165) is 0 Å². The molecule has 0 saturated heterocycles. The fraction of sp³-hybridized carbons (Fsp3) is 0.182. The first-order valence-corrected chi connectivity index (χ1v) is 4.40. The van der Waals surface area contributed by atoms with Crippen LogP contribution in [0.5, 0.6) is 5.75 Å². The van der Waals surface area contributed by atoms with Crippen LogP contribution in [0.4, 0.5) is 4.39 Å². The highest BCUT2D eigenvalue weighted by Crippen LogP contribution is 2.18. The van der Waals surface area contributed by atoms with E-state index in [9.17, 15) is 9.18 Å². The van der Waals surface area contributed by atoms with Gasteiger partial charge in [0.25, 0.3) is 0 Å². The Morgan fingerprint density at radius 2 is 2.27 bits per heavy atom. The molecule has 0 aliphatic rings. The molecular weight excluding hydrogens is 197 g/mol. The molecule has 0 unspecified atom stereocenters. The summed E-state index contributed by atoms with van der Waals surface area (Å²) in [6.45, 7) is 0. The second-order valence-electron chi connectivity index (χ2n) is 2.84. The van der Waals surface area contributed by atoms with Gasteiger partial charge in [0.1, 0.15) is 0 Å². The van der Waals surface area contributed by atoms with E-state index in [4.69, 9.17) is 4.74 Å². The van der Waals surface area contributed by atoms with Crippen molar-refractivity contribution in [2.45, 2.75) is 0 Å². The minimum Gasteiger partial charge on any atom is -0.494 e. The van der Waals surface area contributed by atoms with Crippen molar-refractivity contribution in [1.29, 1.82) is 0 Å². The quantitative estimate of drug-likeness (QED) is 0.768. The maximum absolute atomic E-state index is 13.2. The Bertz CT molecular complexity index is 388. The summed E-state index contributed by atoms with van der Waals surface area (Å²) in [6.07, 6.45) is 2.86. The van der Waals surface area contributed by atoms with E-state index in [0.29, 0.717) is 5.56 Å². The topological polar surface area (TPSA) is 38.3 Å². The number of rotatable bonds is 3. The number of carbonyl (C=O) groups excluding carboxylic acids is 1. The monoisotopic (exact) mass is 209 g/mol. The number of benzene rings is 1. The van der Waals surface area contributed by atoms with Crippen molar-refractivity contribution >= 4 is 12.0 Å². The van der Waals surface area contributed by atoms with Gasteiger partial charge >= 0.3 is 0 Å². The van der Waals surface area contributed by atoms with Gasteiger partial charge < -0.3 is 10.1 Å². The molecule has 0 fully saturated rings. The zero-order chi connectivity index (χ0) is 11.3. The molecule has 1 N–H and O–H groups in total. The Morgan fingerprint density at radius 1 is 1.53 bits per heavy atom. The van der Waals surface area contributed by atoms with E-state index in [1.54, 1.807) is 6.07 Å². The lowest BCUT2D eigenvalue weighted by molar-refractivity contribution is -0.115. The second kappa shape index (κ2) is 5.14. The van der Waals surface area contributed by atoms with Gasteiger partial charge in [-0.05, 0) is 23.8 Å². The molecule has 0 saturated carbocycles. The molecule has 15 heavy (non-hydrogen) atoms. The summed E-state index contributed by atoms with van der Waals surface area (Å²) in [4.78, 5) is 10.9. The van der Waals surface area contributed by atoms with Gasteiger partial charge in [-0.25, -0.2) is 4.39 Å². The Labute approximate surface area is 87.6 Å². The highest BCUT2D eigenvalue weighted by molar-refractivity contribution is 5.91. The van der Waals surface area contributed by atoms with Gasteiger partial charge in [0.05, 0.1) is 7.11 Å². The standard InChI is InChI=1S/C11H12FNO2/c1-13-11(14)6-4-8-3-5-10(15-2)9(12)7-8/h3-7H,1-2H3,(H,13,14)/b6-4-. The van der Waals surface area contributed by atoms with Gasteiger partial charge in [-0.1, -0.05) is 6.07 Å². The second-order valence-corrected chi connectivity index (χ2v) is 2.84. The van der Waals surface area contributed by atoms with Crippen molar-refractivity contribution < 1.29 is 13.9 Å². The zero-order valence-electron chi connectivity index (χ0n) is 8.58. The molecule has 80 valence electrons. The highest BCUT2D eigenvalue weighted by Gasteiger charge is 2.01. The number of ether oxygens (including phenoxy) is 1. The molecule has 1 aromatic rings. The SMILES string of the molecule is CNC(=O)/C=C\c1ccc(OC)c(F)c1. The summed E-state index contributed by atoms with van der Waals surface area (Å²) in [7, 11) is 2.93. The van der Waals surface area contributed by atoms with E-state index in [-0.39, 0.29) is 11.7 Å². The normalized spacial score (nSPS) is 10.3. The Hall–Kier alpha value is -1.84. The van der Waals surface area contributed by atoms with Crippen LogP contribution < -0.4 is 10.1 Å². The van der Waals surface area contributed by atoms with Gasteiger partial charge in [0, 0.05) is 13.1 Å². The molecule has 0 bridgehead atoms. The van der Waals surface area contributed by atoms with Crippen molar-refractivity contribution in [2.24, 2.45) is 0 Å². The van der Waals surface area contributed by atoms with E-state index < -0.39 is 5.82 Å². The van der Waals surface area contributed by atoms with Crippen LogP contribution in [0.1, 0.15) is 5.56 Å². The van der Waals surface area contributed by atoms with Crippen LogP contribution >= 0.6 is 0 Å². The van der Waals surface area contributed by atoms with Gasteiger partial charge in [-0.2, -0.15) is 0 Å². The molecule has 0 spiro atoms. The Kier molecular flexibility index (Phi) is 3.85. The van der Waals surface area contributed by atoms with Crippen LogP contribution in [0.2, 0.25) is 0 Å². The van der Waals surface area contributed by atoms with Crippen molar-refractivity contribution in [3.05, 3.63) is 35.7 Å². The molecule has 0 heterocycles. The average molecular weight is 209 g/mol. The summed E-state index contributed by atoms with van der Waals surface area (Å²) >= 11 is 0. The van der Waals surface area contributed by atoms with E-state index in [1.165, 1.54) is 38.4 Å². The van der Waals surface area contributed by atoms with Crippen LogP contribution in [-0.2, 0) is 4.79 Å². The molecular formula is C11H12FNO2. The Morgan fingerprint density at radius 3 is 2.80 bits per heavy atom. The largest absolute Gasteiger partial charge is 0.494 e. The summed E-state index contributed by atoms with van der Waals surface area (Å²) in [6, 6.07) is 4.48. The maximum atomic E-state index is 13.2. The molecule has 3 nitrogen and oxygen atoms in total.